The summed E-state index contributed by atoms with van der Waals surface area (Å²) in [4.78, 5) is 64.2. The van der Waals surface area contributed by atoms with Gasteiger partial charge in [-0.25, -0.2) is 5.01 Å². The Hall–Kier alpha value is -3.85. The number of nitrogens with zero attached hydrogens (tertiary/aromatic N) is 3. The van der Waals surface area contributed by atoms with Gasteiger partial charge in [-0.2, -0.15) is 5.01 Å². The summed E-state index contributed by atoms with van der Waals surface area (Å²) in [7, 11) is 0. The van der Waals surface area contributed by atoms with Gasteiger partial charge in [0.2, 0.25) is 0 Å². The lowest BCUT2D eigenvalue weighted by Crippen LogP contribution is -2.56. The predicted octanol–water partition coefficient (Wildman–Crippen LogP) is 4.07. The summed E-state index contributed by atoms with van der Waals surface area (Å²) >= 11 is 5.92. The van der Waals surface area contributed by atoms with Gasteiger partial charge in [0.1, 0.15) is 6.04 Å². The summed E-state index contributed by atoms with van der Waals surface area (Å²) in [5.74, 6) is -3.89. The molecule has 10 heteroatoms. The van der Waals surface area contributed by atoms with Crippen molar-refractivity contribution in [2.24, 2.45) is 17.8 Å². The van der Waals surface area contributed by atoms with E-state index < -0.39 is 46.3 Å². The summed E-state index contributed by atoms with van der Waals surface area (Å²) in [5, 5.41) is 13.1. The first-order valence-corrected chi connectivity index (χ1v) is 11.4. The van der Waals surface area contributed by atoms with Gasteiger partial charge in [0.15, 0.2) is 5.78 Å². The number of nitro benzene ring substituents is 1. The number of nitro groups is 1. The number of hydrazine groups is 1. The molecule has 9 nitrogen and oxygen atoms in total. The number of fused-ring (bicyclic) bond motifs is 1. The predicted molar refractivity (Wildman–Crippen MR) is 126 cm³/mol. The molecule has 0 saturated carbocycles. The number of carbonyl (C=O) groups is 4. The third-order valence-corrected chi connectivity index (χ3v) is 6.73. The number of carbonyl (C=O) groups excluding carboxylic acids is 4. The third-order valence-electron chi connectivity index (χ3n) is 6.47. The highest BCUT2D eigenvalue weighted by Gasteiger charge is 2.54. The molecule has 0 unspecified atom stereocenters. The van der Waals surface area contributed by atoms with Crippen LogP contribution in [0.2, 0.25) is 5.02 Å². The molecular weight excluding hydrogens is 474 g/mol. The van der Waals surface area contributed by atoms with Gasteiger partial charge in [0.05, 0.1) is 16.8 Å². The summed E-state index contributed by atoms with van der Waals surface area (Å²) in [6, 6.07) is 9.58. The Morgan fingerprint density at radius 1 is 1.06 bits per heavy atom. The van der Waals surface area contributed by atoms with Gasteiger partial charge in [-0.05, 0) is 55.7 Å². The summed E-state index contributed by atoms with van der Waals surface area (Å²) in [6.45, 7) is 3.26. The van der Waals surface area contributed by atoms with Gasteiger partial charge >= 0.3 is 0 Å². The number of Topliss-reactive ketones (excluding diaryl/α,β-unsaturated/α-hetero) is 1. The molecule has 0 N–H and O–H groups in total. The summed E-state index contributed by atoms with van der Waals surface area (Å²) in [5.41, 5.74) is 0.0144. The van der Waals surface area contributed by atoms with Crippen LogP contribution in [0.3, 0.4) is 0 Å². The van der Waals surface area contributed by atoms with Gasteiger partial charge in [0, 0.05) is 28.3 Å². The second-order valence-electron chi connectivity index (χ2n) is 8.64. The van der Waals surface area contributed by atoms with Crippen molar-refractivity contribution in [3.8, 4) is 0 Å². The number of hydrogen-bond acceptors (Lipinski definition) is 6. The summed E-state index contributed by atoms with van der Waals surface area (Å²) < 4.78 is 0. The van der Waals surface area contributed by atoms with Crippen LogP contribution in [0.4, 0.5) is 5.69 Å². The standard InChI is InChI=1S/C25H22ClN3O6/c1-14-4-3-5-20-21(14)25(33)28(24(20)32)27(15(2)22(30)16-6-10-18(26)11-7-16)23(31)17-8-12-19(13-9-17)29(34)35/h3-4,6-15,20-21H,5H2,1-2H3/t14-,15-,20+,21+/m1/s1. The van der Waals surface area contributed by atoms with Crippen LogP contribution in [0.1, 0.15) is 41.0 Å². The molecular formula is C25H22ClN3O6. The molecule has 2 aromatic rings. The number of ketones is 1. The van der Waals surface area contributed by atoms with Crippen LogP contribution in [-0.2, 0) is 9.59 Å². The highest BCUT2D eigenvalue weighted by atomic mass is 35.5. The van der Waals surface area contributed by atoms with E-state index in [9.17, 15) is 29.3 Å². The van der Waals surface area contributed by atoms with Crippen LogP contribution in [0.25, 0.3) is 0 Å². The maximum Gasteiger partial charge on any atom is 0.273 e. The Morgan fingerprint density at radius 2 is 1.66 bits per heavy atom. The van der Waals surface area contributed by atoms with Gasteiger partial charge in [0.25, 0.3) is 23.4 Å². The Labute approximate surface area is 206 Å². The van der Waals surface area contributed by atoms with Crippen LogP contribution in [0.15, 0.2) is 60.7 Å². The summed E-state index contributed by atoms with van der Waals surface area (Å²) in [6.07, 6.45) is 4.06. The van der Waals surface area contributed by atoms with Crippen molar-refractivity contribution in [3.63, 3.8) is 0 Å². The molecule has 1 fully saturated rings. The average molecular weight is 496 g/mol. The molecule has 0 radical (unpaired) electrons. The molecule has 4 rings (SSSR count). The van der Waals surface area contributed by atoms with Crippen molar-refractivity contribution in [1.82, 2.24) is 10.0 Å². The number of hydrogen-bond donors (Lipinski definition) is 0. The number of benzene rings is 2. The van der Waals surface area contributed by atoms with Gasteiger partial charge in [-0.15, -0.1) is 0 Å². The van der Waals surface area contributed by atoms with Crippen molar-refractivity contribution in [2.75, 3.05) is 0 Å². The largest absolute Gasteiger partial charge is 0.292 e. The second kappa shape index (κ2) is 9.42. The monoisotopic (exact) mass is 495 g/mol. The number of allylic oxidation sites excluding steroid dienone is 2. The normalized spacial score (nSPS) is 22.0. The lowest BCUT2D eigenvalue weighted by molar-refractivity contribution is -0.384. The lowest BCUT2D eigenvalue weighted by atomic mass is 9.78. The Bertz CT molecular complexity index is 1240. The minimum Gasteiger partial charge on any atom is -0.292 e. The molecule has 0 aromatic heterocycles. The average Bonchev–Trinajstić information content (AvgIpc) is 3.10. The first-order valence-electron chi connectivity index (χ1n) is 11.0. The first kappa shape index (κ1) is 24.3. The molecule has 180 valence electrons. The molecule has 0 spiro atoms. The van der Waals surface area contributed by atoms with Crippen molar-refractivity contribution in [3.05, 3.63) is 86.9 Å². The van der Waals surface area contributed by atoms with Crippen molar-refractivity contribution in [1.29, 1.82) is 0 Å². The quantitative estimate of drug-likeness (QED) is 0.196. The second-order valence-corrected chi connectivity index (χ2v) is 9.08. The van der Waals surface area contributed by atoms with Gasteiger partial charge in [-0.1, -0.05) is 30.7 Å². The number of imide groups is 1. The molecule has 1 saturated heterocycles. The van der Waals surface area contributed by atoms with E-state index in [4.69, 9.17) is 11.6 Å². The van der Waals surface area contributed by atoms with Gasteiger partial charge in [-0.3, -0.25) is 29.3 Å². The van der Waals surface area contributed by atoms with E-state index in [0.717, 1.165) is 22.2 Å². The molecule has 35 heavy (non-hydrogen) atoms. The fourth-order valence-corrected chi connectivity index (χ4v) is 4.73. The van der Waals surface area contributed by atoms with E-state index in [1.807, 2.05) is 19.1 Å². The third kappa shape index (κ3) is 4.35. The van der Waals surface area contributed by atoms with Crippen LogP contribution in [0.5, 0.6) is 0 Å². The molecule has 2 aromatic carbocycles. The Morgan fingerprint density at radius 3 is 2.23 bits per heavy atom. The zero-order valence-electron chi connectivity index (χ0n) is 19.0. The number of rotatable bonds is 6. The SMILES string of the molecule is C[C@@H]1C=CC[C@@H]2C(=O)N(N(C(=O)c3ccc([N+](=O)[O-])cc3)[C@H](C)C(=O)c3ccc(Cl)cc3)C(=O)[C@@H]12. The molecule has 1 heterocycles. The van der Waals surface area contributed by atoms with Crippen molar-refractivity contribution >= 4 is 40.8 Å². The van der Waals surface area contributed by atoms with Crippen LogP contribution >= 0.6 is 11.6 Å². The number of halogens is 1. The lowest BCUT2D eigenvalue weighted by Gasteiger charge is -2.34. The zero-order chi connectivity index (χ0) is 25.4. The molecule has 4 atom stereocenters. The van der Waals surface area contributed by atoms with E-state index in [2.05, 4.69) is 0 Å². The zero-order valence-corrected chi connectivity index (χ0v) is 19.7. The van der Waals surface area contributed by atoms with Crippen LogP contribution < -0.4 is 0 Å². The van der Waals surface area contributed by atoms with Gasteiger partial charge < -0.3 is 0 Å². The van der Waals surface area contributed by atoms with E-state index in [1.54, 1.807) is 0 Å². The number of non-ortho nitro benzene ring substituents is 1. The highest BCUT2D eigenvalue weighted by molar-refractivity contribution is 6.30. The maximum absolute atomic E-state index is 13.6. The molecule has 0 bridgehead atoms. The molecule has 1 aliphatic carbocycles. The highest BCUT2D eigenvalue weighted by Crippen LogP contribution is 2.40. The molecule has 3 amide bonds. The number of amides is 3. The van der Waals surface area contributed by atoms with Crippen molar-refractivity contribution < 1.29 is 24.1 Å². The minimum atomic E-state index is -1.23. The maximum atomic E-state index is 13.6. The van der Waals surface area contributed by atoms with E-state index in [-0.39, 0.29) is 22.7 Å². The fraction of sp³-hybridized carbons (Fsp3) is 0.280. The smallest absolute Gasteiger partial charge is 0.273 e. The topological polar surface area (TPSA) is 118 Å². The van der Waals surface area contributed by atoms with E-state index in [0.29, 0.717) is 11.4 Å². The van der Waals surface area contributed by atoms with E-state index >= 15 is 0 Å². The fourth-order valence-electron chi connectivity index (χ4n) is 4.61. The Kier molecular flexibility index (Phi) is 6.53. The van der Waals surface area contributed by atoms with Crippen LogP contribution in [0, 0.1) is 27.9 Å². The van der Waals surface area contributed by atoms with Crippen LogP contribution in [-0.4, -0.2) is 44.5 Å². The van der Waals surface area contributed by atoms with E-state index in [1.165, 1.54) is 43.3 Å². The molecule has 1 aliphatic heterocycles. The minimum absolute atomic E-state index is 0.00648. The first-order chi connectivity index (χ1) is 16.6. The Balaban J connectivity index is 1.76. The van der Waals surface area contributed by atoms with Crippen molar-refractivity contribution in [2.45, 2.75) is 26.3 Å². The molecule has 2 aliphatic rings.